The molecule has 2 heterocycles. The minimum absolute atomic E-state index is 0.0871. The zero-order valence-corrected chi connectivity index (χ0v) is 12.7. The summed E-state index contributed by atoms with van der Waals surface area (Å²) >= 11 is 0. The van der Waals surface area contributed by atoms with Gasteiger partial charge >= 0.3 is 0 Å². The summed E-state index contributed by atoms with van der Waals surface area (Å²) in [6, 6.07) is 1.77. The highest BCUT2D eigenvalue weighted by Gasteiger charge is 2.31. The number of piperidine rings is 1. The smallest absolute Gasteiger partial charge is 0.223 e. The molecule has 6 heteroatoms. The SMILES string of the molecule is Cc1cc(C(C)(O)CNC(=O)C2CCNC(=O)C2)c(C)o1. The lowest BCUT2D eigenvalue weighted by atomic mass is 9.94. The van der Waals surface area contributed by atoms with Crippen molar-refractivity contribution >= 4 is 11.8 Å². The van der Waals surface area contributed by atoms with E-state index in [9.17, 15) is 14.7 Å². The Morgan fingerprint density at radius 2 is 2.29 bits per heavy atom. The number of carbonyl (C=O) groups excluding carboxylic acids is 2. The standard InChI is InChI=1S/C15H22N2O4/c1-9-6-12(10(2)21-9)15(3,20)8-17-14(19)11-4-5-16-13(18)7-11/h6,11,20H,4-5,7-8H2,1-3H3,(H,16,18)(H,17,19). The molecule has 0 saturated carbocycles. The largest absolute Gasteiger partial charge is 0.466 e. The van der Waals surface area contributed by atoms with Crippen molar-refractivity contribution in [1.82, 2.24) is 10.6 Å². The maximum absolute atomic E-state index is 12.1. The van der Waals surface area contributed by atoms with E-state index in [1.165, 1.54) is 0 Å². The van der Waals surface area contributed by atoms with Gasteiger partial charge in [-0.3, -0.25) is 9.59 Å². The molecular weight excluding hydrogens is 272 g/mol. The first-order valence-electron chi connectivity index (χ1n) is 7.14. The third kappa shape index (κ3) is 3.64. The number of hydrogen-bond acceptors (Lipinski definition) is 4. The zero-order valence-electron chi connectivity index (χ0n) is 12.7. The molecule has 3 N–H and O–H groups in total. The van der Waals surface area contributed by atoms with Gasteiger partial charge in [-0.05, 0) is 33.3 Å². The quantitative estimate of drug-likeness (QED) is 0.764. The number of rotatable bonds is 4. The van der Waals surface area contributed by atoms with Gasteiger partial charge in [-0.15, -0.1) is 0 Å². The second-order valence-corrected chi connectivity index (χ2v) is 5.86. The zero-order chi connectivity index (χ0) is 15.6. The maximum Gasteiger partial charge on any atom is 0.223 e. The number of nitrogens with one attached hydrogen (secondary N) is 2. The molecule has 0 bridgehead atoms. The van der Waals surface area contributed by atoms with E-state index >= 15 is 0 Å². The summed E-state index contributed by atoms with van der Waals surface area (Å²) in [4.78, 5) is 23.4. The van der Waals surface area contributed by atoms with Crippen LogP contribution < -0.4 is 10.6 Å². The third-order valence-corrected chi connectivity index (χ3v) is 3.85. The maximum atomic E-state index is 12.1. The van der Waals surface area contributed by atoms with Crippen LogP contribution in [0.3, 0.4) is 0 Å². The fourth-order valence-electron chi connectivity index (χ4n) is 2.67. The van der Waals surface area contributed by atoms with Crippen molar-refractivity contribution in [2.45, 2.75) is 39.2 Å². The van der Waals surface area contributed by atoms with Crippen molar-refractivity contribution in [2.24, 2.45) is 5.92 Å². The van der Waals surface area contributed by atoms with Gasteiger partial charge in [0.2, 0.25) is 11.8 Å². The number of hydrogen-bond donors (Lipinski definition) is 3. The van der Waals surface area contributed by atoms with Crippen LogP contribution in [-0.4, -0.2) is 30.0 Å². The Hall–Kier alpha value is -1.82. The van der Waals surface area contributed by atoms with Crippen molar-refractivity contribution in [2.75, 3.05) is 13.1 Å². The fourth-order valence-corrected chi connectivity index (χ4v) is 2.67. The average Bonchev–Trinajstić information content (AvgIpc) is 2.76. The van der Waals surface area contributed by atoms with Crippen molar-refractivity contribution in [3.8, 4) is 0 Å². The minimum atomic E-state index is -1.20. The molecule has 0 aromatic carbocycles. The lowest BCUT2D eigenvalue weighted by Gasteiger charge is -2.26. The number of aliphatic hydroxyl groups is 1. The van der Waals surface area contributed by atoms with Gasteiger partial charge in [0.25, 0.3) is 0 Å². The summed E-state index contributed by atoms with van der Waals surface area (Å²) < 4.78 is 5.41. The molecule has 0 aliphatic carbocycles. The van der Waals surface area contributed by atoms with Gasteiger partial charge in [0.05, 0.1) is 6.54 Å². The molecule has 1 aliphatic heterocycles. The van der Waals surface area contributed by atoms with Gasteiger partial charge in [0.1, 0.15) is 17.1 Å². The summed E-state index contributed by atoms with van der Waals surface area (Å²) in [5.74, 6) is 0.751. The third-order valence-electron chi connectivity index (χ3n) is 3.85. The first-order chi connectivity index (χ1) is 9.79. The first kappa shape index (κ1) is 15.6. The second-order valence-electron chi connectivity index (χ2n) is 5.86. The summed E-state index contributed by atoms with van der Waals surface area (Å²) in [6.07, 6.45) is 0.835. The normalized spacial score (nSPS) is 21.5. The Bertz CT molecular complexity index is 548. The monoisotopic (exact) mass is 294 g/mol. The molecule has 1 saturated heterocycles. The lowest BCUT2D eigenvalue weighted by Crippen LogP contribution is -2.45. The molecule has 116 valence electrons. The van der Waals surface area contributed by atoms with Crippen LogP contribution in [0.4, 0.5) is 0 Å². The number of amides is 2. The van der Waals surface area contributed by atoms with E-state index in [0.717, 1.165) is 5.76 Å². The van der Waals surface area contributed by atoms with Crippen LogP contribution in [0.5, 0.6) is 0 Å². The molecule has 2 unspecified atom stereocenters. The predicted molar refractivity (Wildman–Crippen MR) is 76.5 cm³/mol. The molecule has 1 fully saturated rings. The van der Waals surface area contributed by atoms with Crippen LogP contribution >= 0.6 is 0 Å². The highest BCUT2D eigenvalue weighted by molar-refractivity contribution is 5.86. The molecule has 21 heavy (non-hydrogen) atoms. The minimum Gasteiger partial charge on any atom is -0.466 e. The number of furan rings is 1. The van der Waals surface area contributed by atoms with Gasteiger partial charge in [-0.25, -0.2) is 0 Å². The van der Waals surface area contributed by atoms with Gasteiger partial charge in [-0.1, -0.05) is 0 Å². The first-order valence-corrected chi connectivity index (χ1v) is 7.14. The van der Waals surface area contributed by atoms with E-state index < -0.39 is 5.60 Å². The van der Waals surface area contributed by atoms with Gasteiger partial charge < -0.3 is 20.2 Å². The van der Waals surface area contributed by atoms with Crippen LogP contribution in [0.15, 0.2) is 10.5 Å². The lowest BCUT2D eigenvalue weighted by molar-refractivity contribution is -0.133. The molecule has 2 amide bonds. The fraction of sp³-hybridized carbons (Fsp3) is 0.600. The van der Waals surface area contributed by atoms with Gasteiger partial charge in [0.15, 0.2) is 0 Å². The molecule has 6 nitrogen and oxygen atoms in total. The van der Waals surface area contributed by atoms with Crippen LogP contribution in [-0.2, 0) is 15.2 Å². The Balaban J connectivity index is 1.96. The van der Waals surface area contributed by atoms with Crippen LogP contribution in [0.1, 0.15) is 36.8 Å². The van der Waals surface area contributed by atoms with E-state index in [1.54, 1.807) is 19.9 Å². The van der Waals surface area contributed by atoms with Crippen LogP contribution in [0.2, 0.25) is 0 Å². The summed E-state index contributed by atoms with van der Waals surface area (Å²) in [5, 5.41) is 16.0. The van der Waals surface area contributed by atoms with Crippen LogP contribution in [0, 0.1) is 19.8 Å². The highest BCUT2D eigenvalue weighted by Crippen LogP contribution is 2.26. The van der Waals surface area contributed by atoms with Crippen molar-refractivity contribution in [1.29, 1.82) is 0 Å². The summed E-state index contributed by atoms with van der Waals surface area (Å²) in [6.45, 7) is 5.84. The van der Waals surface area contributed by atoms with Crippen LogP contribution in [0.25, 0.3) is 0 Å². The van der Waals surface area contributed by atoms with E-state index in [4.69, 9.17) is 4.42 Å². The Morgan fingerprint density at radius 3 is 2.86 bits per heavy atom. The highest BCUT2D eigenvalue weighted by atomic mass is 16.3. The summed E-state index contributed by atoms with van der Waals surface area (Å²) in [5.41, 5.74) is -0.532. The second kappa shape index (κ2) is 5.89. The Morgan fingerprint density at radius 1 is 1.57 bits per heavy atom. The van der Waals surface area contributed by atoms with E-state index in [0.29, 0.717) is 24.3 Å². The Kier molecular flexibility index (Phi) is 4.37. The predicted octanol–water partition coefficient (Wildman–Crippen LogP) is 0.746. The molecule has 0 radical (unpaired) electrons. The topological polar surface area (TPSA) is 91.6 Å². The van der Waals surface area contributed by atoms with Crippen molar-refractivity contribution < 1.29 is 19.1 Å². The molecule has 1 aliphatic rings. The van der Waals surface area contributed by atoms with Crippen molar-refractivity contribution in [3.05, 3.63) is 23.2 Å². The molecule has 2 atom stereocenters. The van der Waals surface area contributed by atoms with Crippen molar-refractivity contribution in [3.63, 3.8) is 0 Å². The molecule has 2 rings (SSSR count). The van der Waals surface area contributed by atoms with E-state index in [1.807, 2.05) is 6.92 Å². The van der Waals surface area contributed by atoms with E-state index in [2.05, 4.69) is 10.6 Å². The number of aryl methyl sites for hydroxylation is 2. The number of carbonyl (C=O) groups is 2. The van der Waals surface area contributed by atoms with Gasteiger partial charge in [0, 0.05) is 24.4 Å². The molecule has 1 aromatic rings. The van der Waals surface area contributed by atoms with Gasteiger partial charge in [-0.2, -0.15) is 0 Å². The van der Waals surface area contributed by atoms with E-state index in [-0.39, 0.29) is 30.7 Å². The molecular formula is C15H22N2O4. The Labute approximate surface area is 123 Å². The average molecular weight is 294 g/mol. The molecule has 1 aromatic heterocycles. The molecule has 0 spiro atoms. The summed E-state index contributed by atoms with van der Waals surface area (Å²) in [7, 11) is 0.